The van der Waals surface area contributed by atoms with Crippen molar-refractivity contribution < 1.29 is 9.90 Å². The largest absolute Gasteiger partial charge is 0.396 e. The monoisotopic (exact) mass is 222 g/mol. The standard InChI is InChI=1S/C12H18N2O2/c1-3-14(4-2)12(16)10-5-7-13-11(9-10)6-8-15/h5,7,9,15H,3-4,6,8H2,1-2H3. The fourth-order valence-corrected chi connectivity index (χ4v) is 1.56. The van der Waals surface area contributed by atoms with E-state index in [9.17, 15) is 4.79 Å². The lowest BCUT2D eigenvalue weighted by atomic mass is 10.1. The van der Waals surface area contributed by atoms with E-state index in [-0.39, 0.29) is 12.5 Å². The molecule has 0 spiro atoms. The summed E-state index contributed by atoms with van der Waals surface area (Å²) < 4.78 is 0. The molecule has 88 valence electrons. The van der Waals surface area contributed by atoms with Crippen LogP contribution < -0.4 is 0 Å². The van der Waals surface area contributed by atoms with Gasteiger partial charge in [-0.15, -0.1) is 0 Å². The van der Waals surface area contributed by atoms with Crippen molar-refractivity contribution in [1.29, 1.82) is 0 Å². The van der Waals surface area contributed by atoms with Gasteiger partial charge in [-0.3, -0.25) is 9.78 Å². The van der Waals surface area contributed by atoms with Crippen LogP contribution in [0.2, 0.25) is 0 Å². The quantitative estimate of drug-likeness (QED) is 0.811. The molecule has 0 atom stereocenters. The van der Waals surface area contributed by atoms with Crippen LogP contribution in [-0.2, 0) is 6.42 Å². The summed E-state index contributed by atoms with van der Waals surface area (Å²) in [7, 11) is 0. The minimum Gasteiger partial charge on any atom is -0.396 e. The van der Waals surface area contributed by atoms with Crippen molar-refractivity contribution in [2.45, 2.75) is 20.3 Å². The van der Waals surface area contributed by atoms with E-state index in [0.29, 0.717) is 25.1 Å². The summed E-state index contributed by atoms with van der Waals surface area (Å²) in [5, 5.41) is 8.82. The van der Waals surface area contributed by atoms with Crippen molar-refractivity contribution in [2.75, 3.05) is 19.7 Å². The zero-order valence-corrected chi connectivity index (χ0v) is 9.81. The Kier molecular flexibility index (Phi) is 4.92. The highest BCUT2D eigenvalue weighted by Crippen LogP contribution is 2.06. The van der Waals surface area contributed by atoms with Gasteiger partial charge in [-0.05, 0) is 26.0 Å². The first-order valence-corrected chi connectivity index (χ1v) is 5.58. The van der Waals surface area contributed by atoms with E-state index in [1.807, 2.05) is 13.8 Å². The van der Waals surface area contributed by atoms with Gasteiger partial charge in [-0.2, -0.15) is 0 Å². The third-order valence-corrected chi connectivity index (χ3v) is 2.48. The van der Waals surface area contributed by atoms with E-state index in [0.717, 1.165) is 5.69 Å². The Hall–Kier alpha value is -1.42. The number of aliphatic hydroxyl groups is 1. The maximum atomic E-state index is 12.0. The van der Waals surface area contributed by atoms with Crippen molar-refractivity contribution in [2.24, 2.45) is 0 Å². The molecular formula is C12H18N2O2. The molecule has 1 aromatic heterocycles. The Bertz CT molecular complexity index is 349. The molecule has 0 saturated carbocycles. The molecule has 0 aliphatic carbocycles. The van der Waals surface area contributed by atoms with E-state index >= 15 is 0 Å². The molecule has 0 aromatic carbocycles. The Morgan fingerprint density at radius 1 is 1.44 bits per heavy atom. The second-order valence-corrected chi connectivity index (χ2v) is 3.49. The minimum atomic E-state index is 0.0200. The van der Waals surface area contributed by atoms with Gasteiger partial charge >= 0.3 is 0 Å². The van der Waals surface area contributed by atoms with Crippen LogP contribution in [0.5, 0.6) is 0 Å². The summed E-state index contributed by atoms with van der Waals surface area (Å²) >= 11 is 0. The van der Waals surface area contributed by atoms with Crippen molar-refractivity contribution in [3.63, 3.8) is 0 Å². The van der Waals surface area contributed by atoms with Crippen LogP contribution >= 0.6 is 0 Å². The van der Waals surface area contributed by atoms with Gasteiger partial charge in [-0.1, -0.05) is 0 Å². The predicted molar refractivity (Wildman–Crippen MR) is 62.3 cm³/mol. The van der Waals surface area contributed by atoms with E-state index in [1.54, 1.807) is 23.2 Å². The summed E-state index contributed by atoms with van der Waals surface area (Å²) in [5.41, 5.74) is 1.39. The number of aromatic nitrogens is 1. The van der Waals surface area contributed by atoms with Crippen LogP contribution in [0.3, 0.4) is 0 Å². The van der Waals surface area contributed by atoms with Gasteiger partial charge in [-0.25, -0.2) is 0 Å². The van der Waals surface area contributed by atoms with Gasteiger partial charge in [0.25, 0.3) is 5.91 Å². The third-order valence-electron chi connectivity index (χ3n) is 2.48. The number of hydrogen-bond acceptors (Lipinski definition) is 3. The lowest BCUT2D eigenvalue weighted by Crippen LogP contribution is -2.30. The molecule has 1 heterocycles. The smallest absolute Gasteiger partial charge is 0.253 e. The SMILES string of the molecule is CCN(CC)C(=O)c1ccnc(CCO)c1. The van der Waals surface area contributed by atoms with Crippen LogP contribution in [0.15, 0.2) is 18.3 Å². The van der Waals surface area contributed by atoms with Crippen LogP contribution in [0.25, 0.3) is 0 Å². The van der Waals surface area contributed by atoms with Crippen LogP contribution in [0.4, 0.5) is 0 Å². The van der Waals surface area contributed by atoms with E-state index < -0.39 is 0 Å². The Labute approximate surface area is 95.9 Å². The van der Waals surface area contributed by atoms with Crippen molar-refractivity contribution in [3.8, 4) is 0 Å². The van der Waals surface area contributed by atoms with Gasteiger partial charge in [0.05, 0.1) is 0 Å². The first-order chi connectivity index (χ1) is 7.72. The fourth-order valence-electron chi connectivity index (χ4n) is 1.56. The summed E-state index contributed by atoms with van der Waals surface area (Å²) in [6.07, 6.45) is 2.10. The Morgan fingerprint density at radius 2 is 2.12 bits per heavy atom. The number of pyridine rings is 1. The molecule has 1 N–H and O–H groups in total. The maximum absolute atomic E-state index is 12.0. The molecule has 4 heteroatoms. The summed E-state index contributed by atoms with van der Waals surface area (Å²) in [5.74, 6) is 0.0200. The number of aliphatic hydroxyl groups excluding tert-OH is 1. The lowest BCUT2D eigenvalue weighted by molar-refractivity contribution is 0.0772. The molecule has 1 rings (SSSR count). The zero-order chi connectivity index (χ0) is 12.0. The normalized spacial score (nSPS) is 10.2. The van der Waals surface area contributed by atoms with E-state index in [1.165, 1.54) is 0 Å². The lowest BCUT2D eigenvalue weighted by Gasteiger charge is -2.18. The summed E-state index contributed by atoms with van der Waals surface area (Å²) in [6.45, 7) is 5.37. The molecule has 16 heavy (non-hydrogen) atoms. The second-order valence-electron chi connectivity index (χ2n) is 3.49. The number of carbonyl (C=O) groups is 1. The number of carbonyl (C=O) groups excluding carboxylic acids is 1. The molecule has 0 saturated heterocycles. The van der Waals surface area contributed by atoms with Gasteiger partial charge in [0.15, 0.2) is 0 Å². The molecule has 0 radical (unpaired) electrons. The van der Waals surface area contributed by atoms with Crippen molar-refractivity contribution in [1.82, 2.24) is 9.88 Å². The Morgan fingerprint density at radius 3 is 2.69 bits per heavy atom. The predicted octanol–water partition coefficient (Wildman–Crippen LogP) is 1.10. The molecule has 0 fully saturated rings. The van der Waals surface area contributed by atoms with Gasteiger partial charge in [0.1, 0.15) is 0 Å². The minimum absolute atomic E-state index is 0.0200. The number of amides is 1. The van der Waals surface area contributed by atoms with Crippen molar-refractivity contribution >= 4 is 5.91 Å². The highest BCUT2D eigenvalue weighted by atomic mass is 16.3. The number of hydrogen-bond donors (Lipinski definition) is 1. The highest BCUT2D eigenvalue weighted by molar-refractivity contribution is 5.94. The third kappa shape index (κ3) is 3.03. The topological polar surface area (TPSA) is 53.4 Å². The maximum Gasteiger partial charge on any atom is 0.253 e. The zero-order valence-electron chi connectivity index (χ0n) is 9.81. The number of nitrogens with zero attached hydrogens (tertiary/aromatic N) is 2. The second kappa shape index (κ2) is 6.23. The van der Waals surface area contributed by atoms with Crippen LogP contribution in [-0.4, -0.2) is 40.6 Å². The van der Waals surface area contributed by atoms with Gasteiger partial charge in [0.2, 0.25) is 0 Å². The fraction of sp³-hybridized carbons (Fsp3) is 0.500. The molecular weight excluding hydrogens is 204 g/mol. The summed E-state index contributed by atoms with van der Waals surface area (Å²) in [6, 6.07) is 3.46. The van der Waals surface area contributed by atoms with E-state index in [4.69, 9.17) is 5.11 Å². The summed E-state index contributed by atoms with van der Waals surface area (Å²) in [4.78, 5) is 17.9. The molecule has 0 unspecified atom stereocenters. The van der Waals surface area contributed by atoms with E-state index in [2.05, 4.69) is 4.98 Å². The molecule has 1 aromatic rings. The average molecular weight is 222 g/mol. The molecule has 0 aliphatic heterocycles. The first kappa shape index (κ1) is 12.6. The highest BCUT2D eigenvalue weighted by Gasteiger charge is 2.12. The van der Waals surface area contributed by atoms with Crippen LogP contribution in [0, 0.1) is 0 Å². The molecule has 4 nitrogen and oxygen atoms in total. The number of rotatable bonds is 5. The average Bonchev–Trinajstić information content (AvgIpc) is 2.31. The Balaban J connectivity index is 2.86. The van der Waals surface area contributed by atoms with Crippen molar-refractivity contribution in [3.05, 3.63) is 29.6 Å². The first-order valence-electron chi connectivity index (χ1n) is 5.58. The molecule has 1 amide bonds. The van der Waals surface area contributed by atoms with Gasteiger partial charge in [0, 0.05) is 43.6 Å². The van der Waals surface area contributed by atoms with Gasteiger partial charge < -0.3 is 10.0 Å². The molecule has 0 bridgehead atoms. The van der Waals surface area contributed by atoms with Crippen LogP contribution in [0.1, 0.15) is 29.9 Å². The molecule has 0 aliphatic rings.